The molecular formula is C17H21N5O. The number of anilines is 1. The number of amides is 1. The molecule has 1 aliphatic rings. The first kappa shape index (κ1) is 15.4. The molecule has 2 atom stereocenters. The van der Waals surface area contributed by atoms with Crippen molar-refractivity contribution < 1.29 is 4.79 Å². The van der Waals surface area contributed by atoms with Crippen molar-refractivity contribution in [3.8, 4) is 0 Å². The molecular weight excluding hydrogens is 290 g/mol. The Balaban J connectivity index is 1.61. The van der Waals surface area contributed by atoms with Gasteiger partial charge in [-0.1, -0.05) is 0 Å². The molecule has 23 heavy (non-hydrogen) atoms. The highest BCUT2D eigenvalue weighted by Crippen LogP contribution is 2.22. The first-order chi connectivity index (χ1) is 11.2. The van der Waals surface area contributed by atoms with E-state index >= 15 is 0 Å². The molecule has 1 N–H and O–H groups in total. The van der Waals surface area contributed by atoms with Gasteiger partial charge in [-0.25, -0.2) is 4.98 Å². The molecule has 1 amide bonds. The average Bonchev–Trinajstić information content (AvgIpc) is 2.63. The number of hydrogen-bond donors (Lipinski definition) is 1. The third-order valence-corrected chi connectivity index (χ3v) is 4.23. The van der Waals surface area contributed by atoms with E-state index in [1.807, 2.05) is 19.1 Å². The van der Waals surface area contributed by atoms with Gasteiger partial charge in [0.2, 0.25) is 5.91 Å². The van der Waals surface area contributed by atoms with E-state index in [2.05, 4.69) is 25.2 Å². The molecule has 1 fully saturated rings. The lowest BCUT2D eigenvalue weighted by atomic mass is 9.96. The molecule has 1 saturated heterocycles. The van der Waals surface area contributed by atoms with Crippen molar-refractivity contribution in [1.29, 1.82) is 0 Å². The Morgan fingerprint density at radius 1 is 1.26 bits per heavy atom. The monoisotopic (exact) mass is 311 g/mol. The summed E-state index contributed by atoms with van der Waals surface area (Å²) in [6, 6.07) is 3.84. The molecule has 0 unspecified atom stereocenters. The molecule has 0 radical (unpaired) electrons. The normalized spacial score (nSPS) is 19.2. The van der Waals surface area contributed by atoms with Gasteiger partial charge in [-0.05, 0) is 37.5 Å². The number of rotatable bonds is 4. The van der Waals surface area contributed by atoms with Crippen molar-refractivity contribution in [3.63, 3.8) is 0 Å². The number of carbonyl (C=O) groups excluding carboxylic acids is 1. The summed E-state index contributed by atoms with van der Waals surface area (Å²) in [6.07, 6.45) is 10.5. The van der Waals surface area contributed by atoms with Gasteiger partial charge < -0.3 is 10.2 Å². The molecule has 6 nitrogen and oxygen atoms in total. The molecule has 2 aromatic heterocycles. The van der Waals surface area contributed by atoms with Crippen LogP contribution in [0.3, 0.4) is 0 Å². The first-order valence-corrected chi connectivity index (χ1v) is 7.95. The second-order valence-electron chi connectivity index (χ2n) is 5.86. The Hall–Kier alpha value is -2.50. The molecule has 0 saturated carbocycles. The third-order valence-electron chi connectivity index (χ3n) is 4.23. The fourth-order valence-electron chi connectivity index (χ4n) is 2.92. The summed E-state index contributed by atoms with van der Waals surface area (Å²) in [6.45, 7) is 3.60. The second kappa shape index (κ2) is 7.17. The van der Waals surface area contributed by atoms with Gasteiger partial charge in [0.25, 0.3) is 0 Å². The van der Waals surface area contributed by atoms with E-state index < -0.39 is 0 Å². The van der Waals surface area contributed by atoms with Gasteiger partial charge in [0, 0.05) is 37.9 Å². The van der Waals surface area contributed by atoms with Gasteiger partial charge in [-0.15, -0.1) is 0 Å². The topological polar surface area (TPSA) is 71.0 Å². The Morgan fingerprint density at radius 2 is 2.09 bits per heavy atom. The van der Waals surface area contributed by atoms with E-state index in [-0.39, 0.29) is 17.9 Å². The zero-order valence-corrected chi connectivity index (χ0v) is 13.2. The lowest BCUT2D eigenvalue weighted by molar-refractivity contribution is -0.125. The number of aromatic nitrogens is 3. The quantitative estimate of drug-likeness (QED) is 0.934. The van der Waals surface area contributed by atoms with Crippen LogP contribution in [0.2, 0.25) is 0 Å². The molecule has 0 spiro atoms. The Kier molecular flexibility index (Phi) is 4.80. The summed E-state index contributed by atoms with van der Waals surface area (Å²) < 4.78 is 0. The lowest BCUT2D eigenvalue weighted by Gasteiger charge is -2.33. The van der Waals surface area contributed by atoms with E-state index in [1.54, 1.807) is 31.0 Å². The summed E-state index contributed by atoms with van der Waals surface area (Å²) in [5.41, 5.74) is 1.06. The standard InChI is InChI=1S/C17H21N5O/c1-13(14-4-6-18-7-5-14)21-17(23)15-3-2-10-22(12-15)16-11-19-8-9-20-16/h4-9,11,13,15H,2-3,10,12H2,1H3,(H,21,23)/t13-,15-/m0/s1. The van der Waals surface area contributed by atoms with Crippen LogP contribution in [0.4, 0.5) is 5.82 Å². The van der Waals surface area contributed by atoms with Crippen LogP contribution in [-0.2, 0) is 4.79 Å². The van der Waals surface area contributed by atoms with E-state index in [1.165, 1.54) is 0 Å². The summed E-state index contributed by atoms with van der Waals surface area (Å²) >= 11 is 0. The number of piperidine rings is 1. The minimum absolute atomic E-state index is 0.0163. The Labute approximate surface area is 136 Å². The minimum Gasteiger partial charge on any atom is -0.355 e. The Bertz CT molecular complexity index is 634. The highest BCUT2D eigenvalue weighted by Gasteiger charge is 2.27. The molecule has 0 bridgehead atoms. The van der Waals surface area contributed by atoms with Crippen LogP contribution in [-0.4, -0.2) is 33.9 Å². The van der Waals surface area contributed by atoms with Crippen LogP contribution in [0.1, 0.15) is 31.4 Å². The highest BCUT2D eigenvalue weighted by molar-refractivity contribution is 5.80. The molecule has 3 heterocycles. The predicted molar refractivity (Wildman–Crippen MR) is 87.8 cm³/mol. The van der Waals surface area contributed by atoms with Gasteiger partial charge in [-0.3, -0.25) is 14.8 Å². The van der Waals surface area contributed by atoms with Gasteiger partial charge in [0.05, 0.1) is 18.2 Å². The molecule has 0 aromatic carbocycles. The van der Waals surface area contributed by atoms with E-state index in [4.69, 9.17) is 0 Å². The average molecular weight is 311 g/mol. The van der Waals surface area contributed by atoms with Gasteiger partial charge in [0.15, 0.2) is 0 Å². The van der Waals surface area contributed by atoms with E-state index in [0.717, 1.165) is 30.8 Å². The number of nitrogens with zero attached hydrogens (tertiary/aromatic N) is 4. The number of pyridine rings is 1. The van der Waals surface area contributed by atoms with Gasteiger partial charge in [-0.2, -0.15) is 0 Å². The molecule has 2 aromatic rings. The van der Waals surface area contributed by atoms with Crippen LogP contribution < -0.4 is 10.2 Å². The van der Waals surface area contributed by atoms with Crippen LogP contribution in [0.25, 0.3) is 0 Å². The van der Waals surface area contributed by atoms with Crippen molar-refractivity contribution in [2.45, 2.75) is 25.8 Å². The predicted octanol–water partition coefficient (Wildman–Crippen LogP) is 1.97. The number of nitrogens with one attached hydrogen (secondary N) is 1. The van der Waals surface area contributed by atoms with Crippen molar-refractivity contribution >= 4 is 11.7 Å². The van der Waals surface area contributed by atoms with Crippen molar-refractivity contribution in [2.24, 2.45) is 5.92 Å². The maximum absolute atomic E-state index is 12.6. The highest BCUT2D eigenvalue weighted by atomic mass is 16.2. The largest absolute Gasteiger partial charge is 0.355 e. The van der Waals surface area contributed by atoms with Crippen molar-refractivity contribution in [3.05, 3.63) is 48.7 Å². The second-order valence-corrected chi connectivity index (χ2v) is 5.86. The Morgan fingerprint density at radius 3 is 2.83 bits per heavy atom. The van der Waals surface area contributed by atoms with Crippen LogP contribution >= 0.6 is 0 Å². The smallest absolute Gasteiger partial charge is 0.225 e. The third kappa shape index (κ3) is 3.83. The molecule has 0 aliphatic carbocycles. The molecule has 3 rings (SSSR count). The number of carbonyl (C=O) groups is 1. The SMILES string of the molecule is C[C@H](NC(=O)[C@H]1CCCN(c2cnccn2)C1)c1ccncc1. The van der Waals surface area contributed by atoms with Gasteiger partial charge in [0.1, 0.15) is 5.82 Å². The molecule has 120 valence electrons. The number of hydrogen-bond acceptors (Lipinski definition) is 5. The zero-order valence-electron chi connectivity index (χ0n) is 13.2. The summed E-state index contributed by atoms with van der Waals surface area (Å²) in [7, 11) is 0. The first-order valence-electron chi connectivity index (χ1n) is 7.95. The fourth-order valence-corrected chi connectivity index (χ4v) is 2.92. The zero-order chi connectivity index (χ0) is 16.1. The maximum atomic E-state index is 12.6. The maximum Gasteiger partial charge on any atom is 0.225 e. The van der Waals surface area contributed by atoms with Crippen LogP contribution in [0.15, 0.2) is 43.1 Å². The van der Waals surface area contributed by atoms with Gasteiger partial charge >= 0.3 is 0 Å². The van der Waals surface area contributed by atoms with Crippen LogP contribution in [0.5, 0.6) is 0 Å². The summed E-state index contributed by atoms with van der Waals surface area (Å²) in [5, 5.41) is 3.11. The fraction of sp³-hybridized carbons (Fsp3) is 0.412. The van der Waals surface area contributed by atoms with E-state index in [9.17, 15) is 4.79 Å². The minimum atomic E-state index is -0.0185. The molecule has 6 heteroatoms. The van der Waals surface area contributed by atoms with E-state index in [0.29, 0.717) is 6.54 Å². The molecule has 1 aliphatic heterocycles. The lowest BCUT2D eigenvalue weighted by Crippen LogP contribution is -2.44. The van der Waals surface area contributed by atoms with Crippen molar-refractivity contribution in [1.82, 2.24) is 20.3 Å². The van der Waals surface area contributed by atoms with Crippen molar-refractivity contribution in [2.75, 3.05) is 18.0 Å². The van der Waals surface area contributed by atoms with Crippen LogP contribution in [0, 0.1) is 5.92 Å². The summed E-state index contributed by atoms with van der Waals surface area (Å²) in [5.74, 6) is 0.921. The summed E-state index contributed by atoms with van der Waals surface area (Å²) in [4.78, 5) is 27.2.